The second-order valence-corrected chi connectivity index (χ2v) is 5.62. The predicted molar refractivity (Wildman–Crippen MR) is 80.5 cm³/mol. The molecule has 2 atom stereocenters. The SMILES string of the molecule is OC(Cc1cccc(Cl)c1)C1CCOc2ccccc21. The molecule has 1 N–H and O–H groups in total. The largest absolute Gasteiger partial charge is 0.493 e. The van der Waals surface area contributed by atoms with Gasteiger partial charge in [0.25, 0.3) is 0 Å². The molecular formula is C17H17ClO2. The first-order chi connectivity index (χ1) is 9.74. The second-order valence-electron chi connectivity index (χ2n) is 5.18. The molecule has 2 unspecified atom stereocenters. The van der Waals surface area contributed by atoms with E-state index in [4.69, 9.17) is 16.3 Å². The monoisotopic (exact) mass is 288 g/mol. The van der Waals surface area contributed by atoms with Gasteiger partial charge in [-0.15, -0.1) is 0 Å². The van der Waals surface area contributed by atoms with Crippen LogP contribution >= 0.6 is 11.6 Å². The molecule has 1 heterocycles. The third-order valence-electron chi connectivity index (χ3n) is 3.80. The average molecular weight is 289 g/mol. The van der Waals surface area contributed by atoms with Crippen LogP contribution in [0.4, 0.5) is 0 Å². The molecule has 0 bridgehead atoms. The summed E-state index contributed by atoms with van der Waals surface area (Å²) in [5.41, 5.74) is 2.17. The van der Waals surface area contributed by atoms with Gasteiger partial charge in [-0.05, 0) is 42.2 Å². The van der Waals surface area contributed by atoms with Crippen molar-refractivity contribution in [2.24, 2.45) is 0 Å². The summed E-state index contributed by atoms with van der Waals surface area (Å²) in [5, 5.41) is 11.3. The zero-order valence-corrected chi connectivity index (χ0v) is 11.9. The van der Waals surface area contributed by atoms with E-state index in [1.807, 2.05) is 48.5 Å². The second kappa shape index (κ2) is 5.86. The Labute approximate surface area is 124 Å². The Morgan fingerprint density at radius 3 is 2.90 bits per heavy atom. The van der Waals surface area contributed by atoms with Crippen molar-refractivity contribution in [3.05, 3.63) is 64.7 Å². The van der Waals surface area contributed by atoms with Crippen molar-refractivity contribution in [1.29, 1.82) is 0 Å². The fraction of sp³-hybridized carbons (Fsp3) is 0.294. The highest BCUT2D eigenvalue weighted by molar-refractivity contribution is 6.30. The smallest absolute Gasteiger partial charge is 0.122 e. The Balaban J connectivity index is 1.80. The number of para-hydroxylation sites is 1. The number of aliphatic hydroxyl groups is 1. The number of hydrogen-bond acceptors (Lipinski definition) is 2. The molecule has 1 aliphatic rings. The van der Waals surface area contributed by atoms with Crippen LogP contribution in [0.1, 0.15) is 23.5 Å². The maximum atomic E-state index is 10.6. The van der Waals surface area contributed by atoms with Crippen molar-refractivity contribution in [2.45, 2.75) is 24.9 Å². The molecule has 0 radical (unpaired) electrons. The molecule has 2 aromatic carbocycles. The van der Waals surface area contributed by atoms with Crippen LogP contribution in [0, 0.1) is 0 Å². The van der Waals surface area contributed by atoms with Crippen LogP contribution in [0.25, 0.3) is 0 Å². The maximum absolute atomic E-state index is 10.6. The molecule has 1 aliphatic heterocycles. The van der Waals surface area contributed by atoms with E-state index in [2.05, 4.69) is 0 Å². The number of fused-ring (bicyclic) bond motifs is 1. The number of hydrogen-bond donors (Lipinski definition) is 1. The van der Waals surface area contributed by atoms with Crippen LogP contribution in [0.3, 0.4) is 0 Å². The summed E-state index contributed by atoms with van der Waals surface area (Å²) in [4.78, 5) is 0. The average Bonchev–Trinajstić information content (AvgIpc) is 2.46. The summed E-state index contributed by atoms with van der Waals surface area (Å²) < 4.78 is 5.64. The van der Waals surface area contributed by atoms with Crippen LogP contribution < -0.4 is 4.74 Å². The molecule has 3 heteroatoms. The van der Waals surface area contributed by atoms with Gasteiger partial charge >= 0.3 is 0 Å². The van der Waals surface area contributed by atoms with Gasteiger partial charge < -0.3 is 9.84 Å². The van der Waals surface area contributed by atoms with Gasteiger partial charge in [0, 0.05) is 10.9 Å². The van der Waals surface area contributed by atoms with Gasteiger partial charge in [0.2, 0.25) is 0 Å². The van der Waals surface area contributed by atoms with Crippen molar-refractivity contribution in [3.63, 3.8) is 0 Å². The molecule has 0 aliphatic carbocycles. The maximum Gasteiger partial charge on any atom is 0.122 e. The minimum Gasteiger partial charge on any atom is -0.493 e. The third kappa shape index (κ3) is 2.82. The standard InChI is InChI=1S/C17H17ClO2/c18-13-5-3-4-12(10-13)11-16(19)14-8-9-20-17-7-2-1-6-15(14)17/h1-7,10,14,16,19H,8-9,11H2. The van der Waals surface area contributed by atoms with E-state index in [0.717, 1.165) is 23.3 Å². The fourth-order valence-electron chi connectivity index (χ4n) is 2.82. The number of rotatable bonds is 3. The van der Waals surface area contributed by atoms with E-state index in [-0.39, 0.29) is 5.92 Å². The lowest BCUT2D eigenvalue weighted by Crippen LogP contribution is -2.26. The minimum atomic E-state index is -0.418. The quantitative estimate of drug-likeness (QED) is 0.931. The van der Waals surface area contributed by atoms with Gasteiger partial charge in [-0.3, -0.25) is 0 Å². The third-order valence-corrected chi connectivity index (χ3v) is 4.04. The van der Waals surface area contributed by atoms with Gasteiger partial charge in [0.05, 0.1) is 12.7 Å². The van der Waals surface area contributed by atoms with Gasteiger partial charge in [-0.25, -0.2) is 0 Å². The first-order valence-corrected chi connectivity index (χ1v) is 7.26. The van der Waals surface area contributed by atoms with Crippen LogP contribution in [0.5, 0.6) is 5.75 Å². The Morgan fingerprint density at radius 2 is 2.05 bits per heavy atom. The molecule has 2 aromatic rings. The first kappa shape index (κ1) is 13.5. The highest BCUT2D eigenvalue weighted by Gasteiger charge is 2.27. The summed E-state index contributed by atoms with van der Waals surface area (Å²) in [6.07, 6.45) is 1.04. The van der Waals surface area contributed by atoms with E-state index in [1.165, 1.54) is 0 Å². The molecule has 20 heavy (non-hydrogen) atoms. The van der Waals surface area contributed by atoms with Crippen molar-refractivity contribution in [1.82, 2.24) is 0 Å². The van der Waals surface area contributed by atoms with Crippen LogP contribution in [-0.4, -0.2) is 17.8 Å². The van der Waals surface area contributed by atoms with E-state index < -0.39 is 6.10 Å². The molecule has 3 rings (SSSR count). The normalized spacial score (nSPS) is 19.0. The van der Waals surface area contributed by atoms with Gasteiger partial charge in [0.15, 0.2) is 0 Å². The van der Waals surface area contributed by atoms with E-state index >= 15 is 0 Å². The Morgan fingerprint density at radius 1 is 1.20 bits per heavy atom. The predicted octanol–water partition coefficient (Wildman–Crippen LogP) is 3.81. The van der Waals surface area contributed by atoms with Crippen molar-refractivity contribution < 1.29 is 9.84 Å². The molecular weight excluding hydrogens is 272 g/mol. The molecule has 104 valence electrons. The number of benzene rings is 2. The van der Waals surface area contributed by atoms with E-state index in [9.17, 15) is 5.11 Å². The van der Waals surface area contributed by atoms with Gasteiger partial charge in [-0.1, -0.05) is 41.9 Å². The Hall–Kier alpha value is -1.51. The highest BCUT2D eigenvalue weighted by atomic mass is 35.5. The minimum absolute atomic E-state index is 0.124. The van der Waals surface area contributed by atoms with E-state index in [1.54, 1.807) is 0 Å². The van der Waals surface area contributed by atoms with Crippen LogP contribution in [0.2, 0.25) is 5.02 Å². The highest BCUT2D eigenvalue weighted by Crippen LogP contribution is 2.36. The molecule has 0 amide bonds. The molecule has 0 aromatic heterocycles. The number of halogens is 1. The fourth-order valence-corrected chi connectivity index (χ4v) is 3.03. The molecule has 0 saturated carbocycles. The summed E-state index contributed by atoms with van der Waals surface area (Å²) >= 11 is 5.99. The topological polar surface area (TPSA) is 29.5 Å². The zero-order valence-electron chi connectivity index (χ0n) is 11.1. The van der Waals surface area contributed by atoms with Gasteiger partial charge in [-0.2, -0.15) is 0 Å². The Bertz CT molecular complexity index is 597. The summed E-state index contributed by atoms with van der Waals surface area (Å²) in [7, 11) is 0. The van der Waals surface area contributed by atoms with Crippen molar-refractivity contribution in [3.8, 4) is 5.75 Å². The lowest BCUT2D eigenvalue weighted by molar-refractivity contribution is 0.116. The summed E-state index contributed by atoms with van der Waals surface area (Å²) in [6.45, 7) is 0.661. The lowest BCUT2D eigenvalue weighted by atomic mass is 9.85. The lowest BCUT2D eigenvalue weighted by Gasteiger charge is -2.29. The molecule has 0 fully saturated rings. The molecule has 0 saturated heterocycles. The first-order valence-electron chi connectivity index (χ1n) is 6.88. The number of ether oxygens (including phenoxy) is 1. The summed E-state index contributed by atoms with van der Waals surface area (Å²) in [6, 6.07) is 15.6. The molecule has 2 nitrogen and oxygen atoms in total. The summed E-state index contributed by atoms with van der Waals surface area (Å²) in [5.74, 6) is 1.02. The number of aliphatic hydroxyl groups excluding tert-OH is 1. The van der Waals surface area contributed by atoms with Gasteiger partial charge in [0.1, 0.15) is 5.75 Å². The van der Waals surface area contributed by atoms with Crippen molar-refractivity contribution >= 4 is 11.6 Å². The molecule has 0 spiro atoms. The zero-order chi connectivity index (χ0) is 13.9. The van der Waals surface area contributed by atoms with E-state index in [0.29, 0.717) is 18.1 Å². The Kier molecular flexibility index (Phi) is 3.95. The van der Waals surface area contributed by atoms with Crippen LogP contribution in [0.15, 0.2) is 48.5 Å². The van der Waals surface area contributed by atoms with Crippen molar-refractivity contribution in [2.75, 3.05) is 6.61 Å². The van der Waals surface area contributed by atoms with Crippen LogP contribution in [-0.2, 0) is 6.42 Å².